The fourth-order valence-corrected chi connectivity index (χ4v) is 3.62. The fraction of sp³-hybridized carbons (Fsp3) is 0.529. The van der Waals surface area contributed by atoms with E-state index in [1.165, 1.54) is 12.8 Å². The normalized spacial score (nSPS) is 23.3. The number of nitrogens with one attached hydrogen (secondary N) is 2. The highest BCUT2D eigenvalue weighted by atomic mass is 35.5. The van der Waals surface area contributed by atoms with E-state index < -0.39 is 0 Å². The molecule has 118 valence electrons. The van der Waals surface area contributed by atoms with Crippen molar-refractivity contribution in [1.29, 1.82) is 0 Å². The maximum atomic E-state index is 12.4. The molecule has 1 aliphatic carbocycles. The highest BCUT2D eigenvalue weighted by molar-refractivity contribution is 6.30. The highest BCUT2D eigenvalue weighted by Crippen LogP contribution is 2.36. The van der Waals surface area contributed by atoms with Crippen LogP contribution >= 0.6 is 11.6 Å². The van der Waals surface area contributed by atoms with E-state index in [9.17, 15) is 9.59 Å². The van der Waals surface area contributed by atoms with E-state index in [1.54, 1.807) is 0 Å². The molecule has 1 saturated carbocycles. The number of halogens is 1. The van der Waals surface area contributed by atoms with Crippen molar-refractivity contribution in [2.75, 3.05) is 0 Å². The van der Waals surface area contributed by atoms with Crippen LogP contribution in [0.5, 0.6) is 0 Å². The Hall–Kier alpha value is -1.55. The number of hydrogen-bond acceptors (Lipinski definition) is 2. The van der Waals surface area contributed by atoms with Gasteiger partial charge in [0, 0.05) is 11.4 Å². The van der Waals surface area contributed by atoms with E-state index in [2.05, 4.69) is 10.6 Å². The van der Waals surface area contributed by atoms with Gasteiger partial charge in [0.25, 0.3) is 0 Å². The van der Waals surface area contributed by atoms with E-state index in [0.29, 0.717) is 23.8 Å². The van der Waals surface area contributed by atoms with Crippen LogP contribution in [0.25, 0.3) is 0 Å². The Bertz CT molecular complexity index is 552. The van der Waals surface area contributed by atoms with Gasteiger partial charge in [-0.2, -0.15) is 0 Å². The Kier molecular flexibility index (Phi) is 4.67. The first-order valence-electron chi connectivity index (χ1n) is 7.98. The molecular weight excluding hydrogens is 300 g/mol. The molecule has 1 aromatic rings. The van der Waals surface area contributed by atoms with Crippen LogP contribution in [0, 0.1) is 5.92 Å². The van der Waals surface area contributed by atoms with Gasteiger partial charge in [-0.15, -0.1) is 0 Å². The van der Waals surface area contributed by atoms with Crippen LogP contribution in [0.1, 0.15) is 50.1 Å². The number of hydrogen-bond donors (Lipinski definition) is 2. The monoisotopic (exact) mass is 320 g/mol. The summed E-state index contributed by atoms with van der Waals surface area (Å²) in [6.45, 7) is 0. The summed E-state index contributed by atoms with van der Waals surface area (Å²) in [5.74, 6) is 0.351. The lowest BCUT2D eigenvalue weighted by Crippen LogP contribution is -2.44. The Balaban J connectivity index is 1.74. The number of carbonyl (C=O) groups excluding carboxylic acids is 2. The van der Waals surface area contributed by atoms with E-state index in [1.807, 2.05) is 24.3 Å². The van der Waals surface area contributed by atoms with Crippen LogP contribution in [0.4, 0.5) is 0 Å². The minimum absolute atomic E-state index is 0.00442. The number of benzene rings is 1. The van der Waals surface area contributed by atoms with Gasteiger partial charge < -0.3 is 10.6 Å². The summed E-state index contributed by atoms with van der Waals surface area (Å²) in [7, 11) is 0. The first-order chi connectivity index (χ1) is 10.6. The summed E-state index contributed by atoms with van der Waals surface area (Å²) in [6.07, 6.45) is 5.71. The molecule has 2 atom stereocenters. The van der Waals surface area contributed by atoms with Crippen molar-refractivity contribution in [1.82, 2.24) is 10.6 Å². The van der Waals surface area contributed by atoms with Crippen LogP contribution < -0.4 is 10.6 Å². The van der Waals surface area contributed by atoms with Crippen molar-refractivity contribution in [2.24, 2.45) is 5.92 Å². The van der Waals surface area contributed by atoms with Crippen LogP contribution in [-0.2, 0) is 9.59 Å². The van der Waals surface area contributed by atoms with Gasteiger partial charge in [-0.25, -0.2) is 0 Å². The minimum atomic E-state index is -0.385. The molecule has 1 heterocycles. The Morgan fingerprint density at radius 3 is 2.45 bits per heavy atom. The Labute approximate surface area is 135 Å². The van der Waals surface area contributed by atoms with E-state index in [4.69, 9.17) is 11.6 Å². The summed E-state index contributed by atoms with van der Waals surface area (Å²) in [5.41, 5.74) is 1.09. The van der Waals surface area contributed by atoms with Crippen molar-refractivity contribution < 1.29 is 9.59 Å². The van der Waals surface area contributed by atoms with E-state index >= 15 is 0 Å². The molecule has 4 nitrogen and oxygen atoms in total. The maximum absolute atomic E-state index is 12.4. The zero-order chi connectivity index (χ0) is 15.5. The molecule has 0 aromatic heterocycles. The molecule has 5 heteroatoms. The van der Waals surface area contributed by atoms with Gasteiger partial charge >= 0.3 is 0 Å². The van der Waals surface area contributed by atoms with Crippen LogP contribution in [-0.4, -0.2) is 17.9 Å². The predicted molar refractivity (Wildman–Crippen MR) is 85.5 cm³/mol. The van der Waals surface area contributed by atoms with Crippen molar-refractivity contribution in [3.05, 3.63) is 34.9 Å². The molecule has 3 rings (SSSR count). The average molecular weight is 321 g/mol. The SMILES string of the molecule is O=C1CCC(C(=O)NC(c2ccc(Cl)cc2)C2CCCC2)N1. The number of amides is 2. The maximum Gasteiger partial charge on any atom is 0.243 e. The molecule has 2 aliphatic rings. The van der Waals surface area contributed by atoms with E-state index in [0.717, 1.165) is 18.4 Å². The molecule has 0 spiro atoms. The van der Waals surface area contributed by atoms with Crippen molar-refractivity contribution in [3.63, 3.8) is 0 Å². The summed E-state index contributed by atoms with van der Waals surface area (Å²) in [6, 6.07) is 7.32. The second-order valence-electron chi connectivity index (χ2n) is 6.24. The standard InChI is InChI=1S/C17H21ClN2O2/c18-13-7-5-12(6-8-13)16(11-3-1-2-4-11)20-17(22)14-9-10-15(21)19-14/h5-8,11,14,16H,1-4,9-10H2,(H,19,21)(H,20,22). The molecular formula is C17H21ClN2O2. The van der Waals surface area contributed by atoms with Crippen molar-refractivity contribution >= 4 is 23.4 Å². The first kappa shape index (κ1) is 15.3. The third kappa shape index (κ3) is 3.43. The summed E-state index contributed by atoms with van der Waals surface area (Å²) >= 11 is 5.97. The second-order valence-corrected chi connectivity index (χ2v) is 6.68. The average Bonchev–Trinajstić information content (AvgIpc) is 3.17. The first-order valence-corrected chi connectivity index (χ1v) is 8.36. The van der Waals surface area contributed by atoms with Gasteiger partial charge in [0.2, 0.25) is 11.8 Å². The highest BCUT2D eigenvalue weighted by Gasteiger charge is 2.32. The summed E-state index contributed by atoms with van der Waals surface area (Å²) in [4.78, 5) is 23.7. The molecule has 2 N–H and O–H groups in total. The lowest BCUT2D eigenvalue weighted by atomic mass is 9.91. The van der Waals surface area contributed by atoms with Gasteiger partial charge in [-0.3, -0.25) is 9.59 Å². The van der Waals surface area contributed by atoms with Crippen molar-refractivity contribution in [2.45, 2.75) is 50.6 Å². The largest absolute Gasteiger partial charge is 0.347 e. The smallest absolute Gasteiger partial charge is 0.243 e. The molecule has 0 bridgehead atoms. The van der Waals surface area contributed by atoms with E-state index in [-0.39, 0.29) is 23.9 Å². The molecule has 1 aromatic carbocycles. The topological polar surface area (TPSA) is 58.2 Å². The van der Waals surface area contributed by atoms with Gasteiger partial charge in [0.05, 0.1) is 6.04 Å². The quantitative estimate of drug-likeness (QED) is 0.896. The number of rotatable bonds is 4. The lowest BCUT2D eigenvalue weighted by Gasteiger charge is -2.26. The lowest BCUT2D eigenvalue weighted by molar-refractivity contribution is -0.126. The number of carbonyl (C=O) groups is 2. The second kappa shape index (κ2) is 6.69. The Morgan fingerprint density at radius 1 is 1.18 bits per heavy atom. The Morgan fingerprint density at radius 2 is 1.86 bits per heavy atom. The zero-order valence-corrected chi connectivity index (χ0v) is 13.2. The molecule has 2 amide bonds. The molecule has 22 heavy (non-hydrogen) atoms. The molecule has 0 radical (unpaired) electrons. The molecule has 1 aliphatic heterocycles. The van der Waals surface area contributed by atoms with Gasteiger partial charge in [-0.1, -0.05) is 36.6 Å². The molecule has 2 fully saturated rings. The predicted octanol–water partition coefficient (Wildman–Crippen LogP) is 2.97. The third-order valence-electron chi connectivity index (χ3n) is 4.71. The molecule has 2 unspecified atom stereocenters. The van der Waals surface area contributed by atoms with Gasteiger partial charge in [0.15, 0.2) is 0 Å². The van der Waals surface area contributed by atoms with Crippen LogP contribution in [0.2, 0.25) is 5.02 Å². The minimum Gasteiger partial charge on any atom is -0.347 e. The summed E-state index contributed by atoms with van der Waals surface area (Å²) < 4.78 is 0. The summed E-state index contributed by atoms with van der Waals surface area (Å²) in [5, 5.41) is 6.60. The molecule has 1 saturated heterocycles. The van der Waals surface area contributed by atoms with Crippen LogP contribution in [0.15, 0.2) is 24.3 Å². The van der Waals surface area contributed by atoms with Crippen LogP contribution in [0.3, 0.4) is 0 Å². The van der Waals surface area contributed by atoms with Gasteiger partial charge in [-0.05, 0) is 42.9 Å². The zero-order valence-electron chi connectivity index (χ0n) is 12.5. The van der Waals surface area contributed by atoms with Crippen molar-refractivity contribution in [3.8, 4) is 0 Å². The third-order valence-corrected chi connectivity index (χ3v) is 4.96. The fourth-order valence-electron chi connectivity index (χ4n) is 3.50. The van der Waals surface area contributed by atoms with Gasteiger partial charge in [0.1, 0.15) is 6.04 Å².